The highest BCUT2D eigenvalue weighted by Crippen LogP contribution is 2.26. The van der Waals surface area contributed by atoms with Gasteiger partial charge in [-0.1, -0.05) is 53.4 Å². The van der Waals surface area contributed by atoms with E-state index in [2.05, 4.69) is 9.97 Å². The smallest absolute Gasteiger partial charge is 0.282 e. The molecule has 0 bridgehead atoms. The highest BCUT2D eigenvalue weighted by Gasteiger charge is 2.19. The van der Waals surface area contributed by atoms with E-state index in [0.717, 1.165) is 29.2 Å². The van der Waals surface area contributed by atoms with Gasteiger partial charge in [0.2, 0.25) is 0 Å². The van der Waals surface area contributed by atoms with Crippen LogP contribution in [0.4, 0.5) is 8.78 Å². The van der Waals surface area contributed by atoms with Crippen LogP contribution in [-0.2, 0) is 22.1 Å². The molecule has 0 saturated carbocycles. The topological polar surface area (TPSA) is 81.9 Å². The number of sulfone groups is 1. The number of aromatic nitrogens is 3. The highest BCUT2D eigenvalue weighted by molar-refractivity contribution is 7.98. The van der Waals surface area contributed by atoms with Crippen LogP contribution in [0.3, 0.4) is 0 Å². The quantitative estimate of drug-likeness (QED) is 0.283. The second kappa shape index (κ2) is 9.08. The fraction of sp³-hybridized carbons (Fsp3) is 0.190. The lowest BCUT2D eigenvalue weighted by atomic mass is 10.2. The molecule has 0 aliphatic carbocycles. The van der Waals surface area contributed by atoms with Crippen molar-refractivity contribution in [3.63, 3.8) is 0 Å². The summed E-state index contributed by atoms with van der Waals surface area (Å²) < 4.78 is 54.5. The van der Waals surface area contributed by atoms with Gasteiger partial charge in [-0.25, -0.2) is 27.2 Å². The van der Waals surface area contributed by atoms with Crippen molar-refractivity contribution in [3.05, 3.63) is 81.1 Å². The normalized spacial score (nSPS) is 11.8. The van der Waals surface area contributed by atoms with Gasteiger partial charge >= 0.3 is 4.87 Å². The molecule has 2 aromatic heterocycles. The second-order valence-corrected chi connectivity index (χ2v) is 10.9. The third kappa shape index (κ3) is 4.59. The molecule has 0 atom stereocenters. The van der Waals surface area contributed by atoms with E-state index < -0.39 is 21.5 Å². The molecule has 11 heteroatoms. The van der Waals surface area contributed by atoms with Crippen molar-refractivity contribution in [1.82, 2.24) is 14.5 Å². The van der Waals surface area contributed by atoms with Crippen LogP contribution < -0.4 is 4.87 Å². The maximum atomic E-state index is 13.9. The van der Waals surface area contributed by atoms with E-state index in [0.29, 0.717) is 16.0 Å². The molecular weight excluding hydrogens is 476 g/mol. The van der Waals surface area contributed by atoms with Crippen LogP contribution in [0.15, 0.2) is 63.4 Å². The van der Waals surface area contributed by atoms with E-state index in [-0.39, 0.29) is 38.5 Å². The Morgan fingerprint density at radius 1 is 1.06 bits per heavy atom. The first kappa shape index (κ1) is 22.6. The number of aryl methyl sites for hydroxylation is 2. The van der Waals surface area contributed by atoms with Crippen molar-refractivity contribution in [2.45, 2.75) is 29.3 Å². The van der Waals surface area contributed by atoms with Gasteiger partial charge in [0.25, 0.3) is 0 Å². The summed E-state index contributed by atoms with van der Waals surface area (Å²) in [5, 5.41) is 0.288. The number of benzene rings is 2. The van der Waals surface area contributed by atoms with Gasteiger partial charge < -0.3 is 0 Å². The van der Waals surface area contributed by atoms with E-state index in [9.17, 15) is 22.0 Å². The number of thiazole rings is 1. The Balaban J connectivity index is 1.61. The highest BCUT2D eigenvalue weighted by atomic mass is 32.2. The summed E-state index contributed by atoms with van der Waals surface area (Å²) in [6, 6.07) is 12.0. The predicted molar refractivity (Wildman–Crippen MR) is 121 cm³/mol. The first-order valence-corrected chi connectivity index (χ1v) is 12.9. The molecule has 2 heterocycles. The van der Waals surface area contributed by atoms with Crippen LogP contribution in [0.5, 0.6) is 0 Å². The fourth-order valence-corrected chi connectivity index (χ4v) is 6.07. The van der Waals surface area contributed by atoms with E-state index in [1.54, 1.807) is 25.1 Å². The first-order chi connectivity index (χ1) is 15.3. The molecule has 2 aromatic carbocycles. The molecule has 4 aromatic rings. The van der Waals surface area contributed by atoms with Crippen molar-refractivity contribution in [3.8, 4) is 0 Å². The molecule has 0 radical (unpaired) electrons. The maximum Gasteiger partial charge on any atom is 0.309 e. The molecule has 4 rings (SSSR count). The second-order valence-electron chi connectivity index (χ2n) is 6.90. The number of hydrogen-bond donors (Lipinski definition) is 0. The van der Waals surface area contributed by atoms with Crippen LogP contribution in [0.1, 0.15) is 11.3 Å². The zero-order valence-electron chi connectivity index (χ0n) is 16.8. The largest absolute Gasteiger partial charge is 0.309 e. The number of hydrogen-bond acceptors (Lipinski definition) is 7. The third-order valence-electron chi connectivity index (χ3n) is 4.74. The summed E-state index contributed by atoms with van der Waals surface area (Å²) in [5.74, 6) is -2.01. The fourth-order valence-electron chi connectivity index (χ4n) is 3.07. The Labute approximate surface area is 190 Å². The monoisotopic (exact) mass is 493 g/mol. The summed E-state index contributed by atoms with van der Waals surface area (Å²) >= 11 is 2.05. The lowest BCUT2D eigenvalue weighted by molar-refractivity contribution is 0.502. The number of fused-ring (bicyclic) bond motifs is 1. The molecule has 0 aliphatic heterocycles. The van der Waals surface area contributed by atoms with Gasteiger partial charge in [-0.3, -0.25) is 9.36 Å². The van der Waals surface area contributed by atoms with E-state index in [1.165, 1.54) is 28.8 Å². The van der Waals surface area contributed by atoms with Gasteiger partial charge in [-0.15, -0.1) is 0 Å². The lowest BCUT2D eigenvalue weighted by Crippen LogP contribution is -2.20. The van der Waals surface area contributed by atoms with Crippen molar-refractivity contribution >= 4 is 43.3 Å². The van der Waals surface area contributed by atoms with Crippen LogP contribution >= 0.6 is 23.1 Å². The molecule has 0 amide bonds. The third-order valence-corrected chi connectivity index (χ3v) is 8.42. The summed E-state index contributed by atoms with van der Waals surface area (Å²) in [5.41, 5.74) is 1.06. The van der Waals surface area contributed by atoms with Crippen molar-refractivity contribution in [1.29, 1.82) is 0 Å². The Hall–Kier alpha value is -2.63. The summed E-state index contributed by atoms with van der Waals surface area (Å²) in [4.78, 5) is 21.2. The molecule has 0 unspecified atom stereocenters. The van der Waals surface area contributed by atoms with Crippen LogP contribution in [0, 0.1) is 18.6 Å². The van der Waals surface area contributed by atoms with Gasteiger partial charge in [0.05, 0.1) is 21.0 Å². The van der Waals surface area contributed by atoms with Crippen molar-refractivity contribution in [2.75, 3.05) is 5.75 Å². The Bertz CT molecular complexity index is 1450. The minimum absolute atomic E-state index is 0.0604. The molecular formula is C21H17F2N3O3S3. The van der Waals surface area contributed by atoms with Gasteiger partial charge in [-0.05, 0) is 25.1 Å². The molecule has 32 heavy (non-hydrogen) atoms. The molecule has 0 saturated heterocycles. The molecule has 0 spiro atoms. The minimum atomic E-state index is -3.58. The Kier molecular flexibility index (Phi) is 6.40. The zero-order chi connectivity index (χ0) is 22.9. The standard InChI is InChI=1S/C21H17F2N3O3S3/c1-13-18-19(25-20(24-13)30-12-14-6-5-9-16(22)17(14)23)26(21(27)31-18)10-11-32(28,29)15-7-3-2-4-8-15/h2-9H,10-12H2,1H3. The Morgan fingerprint density at radius 3 is 2.56 bits per heavy atom. The lowest BCUT2D eigenvalue weighted by Gasteiger charge is -2.07. The van der Waals surface area contributed by atoms with Crippen LogP contribution in [-0.4, -0.2) is 28.7 Å². The van der Waals surface area contributed by atoms with Gasteiger partial charge in [0, 0.05) is 17.9 Å². The molecule has 0 fully saturated rings. The number of halogens is 2. The number of rotatable bonds is 7. The van der Waals surface area contributed by atoms with E-state index in [1.807, 2.05) is 0 Å². The maximum absolute atomic E-state index is 13.9. The Morgan fingerprint density at radius 2 is 1.81 bits per heavy atom. The molecule has 166 valence electrons. The first-order valence-electron chi connectivity index (χ1n) is 9.48. The van der Waals surface area contributed by atoms with E-state index >= 15 is 0 Å². The molecule has 6 nitrogen and oxygen atoms in total. The average molecular weight is 494 g/mol. The number of thioether (sulfide) groups is 1. The van der Waals surface area contributed by atoms with Crippen molar-refractivity contribution < 1.29 is 17.2 Å². The van der Waals surface area contributed by atoms with Gasteiger partial charge in [0.1, 0.15) is 0 Å². The molecule has 0 aliphatic rings. The van der Waals surface area contributed by atoms with Crippen LogP contribution in [0.25, 0.3) is 10.3 Å². The summed E-state index contributed by atoms with van der Waals surface area (Å²) in [6.07, 6.45) is 0. The van der Waals surface area contributed by atoms with Gasteiger partial charge in [-0.2, -0.15) is 0 Å². The average Bonchev–Trinajstić information content (AvgIpc) is 3.10. The van der Waals surface area contributed by atoms with Crippen molar-refractivity contribution in [2.24, 2.45) is 0 Å². The van der Waals surface area contributed by atoms with Gasteiger partial charge in [0.15, 0.2) is 32.3 Å². The van der Waals surface area contributed by atoms with Crippen LogP contribution in [0.2, 0.25) is 0 Å². The SMILES string of the molecule is Cc1nc(SCc2cccc(F)c2F)nc2c1sc(=O)n2CCS(=O)(=O)c1ccccc1. The predicted octanol–water partition coefficient (Wildman–Crippen LogP) is 4.21. The summed E-state index contributed by atoms with van der Waals surface area (Å²) in [6.45, 7) is 1.66. The molecule has 0 N–H and O–H groups in total. The van der Waals surface area contributed by atoms with E-state index in [4.69, 9.17) is 0 Å². The number of nitrogens with zero attached hydrogens (tertiary/aromatic N) is 3. The zero-order valence-corrected chi connectivity index (χ0v) is 19.2. The minimum Gasteiger partial charge on any atom is -0.282 e. The summed E-state index contributed by atoms with van der Waals surface area (Å²) in [7, 11) is -3.58.